The Labute approximate surface area is 178 Å². The van der Waals surface area contributed by atoms with Gasteiger partial charge < -0.3 is 4.90 Å². The molecule has 156 valence electrons. The molecule has 0 aliphatic rings. The van der Waals surface area contributed by atoms with Crippen molar-refractivity contribution in [3.8, 4) is 0 Å². The predicted molar refractivity (Wildman–Crippen MR) is 119 cm³/mol. The van der Waals surface area contributed by atoms with E-state index in [1.807, 2.05) is 42.5 Å². The Morgan fingerprint density at radius 1 is 0.903 bits per heavy atom. The van der Waals surface area contributed by atoms with E-state index >= 15 is 0 Å². The fourth-order valence-corrected chi connectivity index (χ4v) is 3.51. The minimum Gasteiger partial charge on any atom is -0.336 e. The predicted octanol–water partition coefficient (Wildman–Crippen LogP) is 2.36. The fourth-order valence-electron chi connectivity index (χ4n) is 3.51. The van der Waals surface area contributed by atoms with Gasteiger partial charge in [-0.3, -0.25) is 24.5 Å². The number of amides is 1. The molecule has 0 saturated heterocycles. The zero-order valence-electron chi connectivity index (χ0n) is 16.9. The first kappa shape index (κ1) is 20.3. The molecule has 0 aliphatic heterocycles. The standard InChI is InChI=1S/C24H22N4O3/c29-22(17-28-24(31)21-11-5-4-10-20(21)23(30)26-28)27(16-19-9-6-13-25-15-19)14-12-18-7-2-1-3-8-18/h1-11,13,15H,12,14,16-17H2,(H,26,30). The first-order chi connectivity index (χ1) is 15.1. The molecule has 0 spiro atoms. The van der Waals surface area contributed by atoms with Crippen molar-refractivity contribution in [3.63, 3.8) is 0 Å². The van der Waals surface area contributed by atoms with Crippen LogP contribution in [0.25, 0.3) is 10.8 Å². The minimum absolute atomic E-state index is 0.242. The largest absolute Gasteiger partial charge is 0.336 e. The van der Waals surface area contributed by atoms with Crippen molar-refractivity contribution < 1.29 is 4.79 Å². The number of benzene rings is 2. The summed E-state index contributed by atoms with van der Waals surface area (Å²) in [6.07, 6.45) is 4.07. The van der Waals surface area contributed by atoms with Gasteiger partial charge in [-0.15, -0.1) is 0 Å². The Hall–Kier alpha value is -4.00. The van der Waals surface area contributed by atoms with E-state index in [2.05, 4.69) is 10.1 Å². The summed E-state index contributed by atoms with van der Waals surface area (Å²) in [5.41, 5.74) is 1.21. The number of carbonyl (C=O) groups excluding carboxylic acids is 1. The quantitative estimate of drug-likeness (QED) is 0.503. The van der Waals surface area contributed by atoms with E-state index < -0.39 is 11.1 Å². The number of fused-ring (bicyclic) bond motifs is 1. The van der Waals surface area contributed by atoms with Crippen molar-refractivity contribution in [1.82, 2.24) is 19.7 Å². The Morgan fingerprint density at radius 3 is 2.35 bits per heavy atom. The summed E-state index contributed by atoms with van der Waals surface area (Å²) in [4.78, 5) is 44.1. The molecule has 31 heavy (non-hydrogen) atoms. The van der Waals surface area contributed by atoms with E-state index in [1.54, 1.807) is 41.6 Å². The number of carbonyl (C=O) groups is 1. The van der Waals surface area contributed by atoms with Gasteiger partial charge in [-0.05, 0) is 35.7 Å². The molecule has 1 amide bonds. The van der Waals surface area contributed by atoms with E-state index in [1.165, 1.54) is 0 Å². The molecule has 0 unspecified atom stereocenters. The molecule has 4 rings (SSSR count). The molecular formula is C24H22N4O3. The summed E-state index contributed by atoms with van der Waals surface area (Å²) >= 11 is 0. The van der Waals surface area contributed by atoms with Crippen molar-refractivity contribution in [2.75, 3.05) is 6.54 Å². The van der Waals surface area contributed by atoms with E-state index in [0.717, 1.165) is 15.8 Å². The molecule has 7 heteroatoms. The minimum atomic E-state index is -0.397. The molecule has 2 heterocycles. The topological polar surface area (TPSA) is 88.1 Å². The molecule has 0 bridgehead atoms. The number of aromatic amines is 1. The summed E-state index contributed by atoms with van der Waals surface area (Å²) in [5.74, 6) is -0.257. The Kier molecular flexibility index (Phi) is 6.03. The molecule has 1 N–H and O–H groups in total. The number of hydrogen-bond donors (Lipinski definition) is 1. The zero-order valence-corrected chi connectivity index (χ0v) is 16.9. The van der Waals surface area contributed by atoms with Crippen LogP contribution in [0.5, 0.6) is 0 Å². The van der Waals surface area contributed by atoms with Crippen LogP contribution >= 0.6 is 0 Å². The maximum atomic E-state index is 13.2. The third-order valence-corrected chi connectivity index (χ3v) is 5.14. The van der Waals surface area contributed by atoms with Crippen LogP contribution in [0.15, 0.2) is 88.7 Å². The second-order valence-corrected chi connectivity index (χ2v) is 7.29. The zero-order chi connectivity index (χ0) is 21.6. The molecule has 2 aromatic carbocycles. The molecule has 0 fully saturated rings. The highest BCUT2D eigenvalue weighted by atomic mass is 16.2. The molecule has 0 saturated carbocycles. The van der Waals surface area contributed by atoms with Gasteiger partial charge in [0.2, 0.25) is 5.91 Å². The maximum Gasteiger partial charge on any atom is 0.273 e. The van der Waals surface area contributed by atoms with Crippen molar-refractivity contribution >= 4 is 16.7 Å². The number of nitrogens with one attached hydrogen (secondary N) is 1. The first-order valence-corrected chi connectivity index (χ1v) is 10.0. The Morgan fingerprint density at radius 2 is 1.61 bits per heavy atom. The van der Waals surface area contributed by atoms with Crippen LogP contribution in [0.4, 0.5) is 0 Å². The number of H-pyrrole nitrogens is 1. The summed E-state index contributed by atoms with van der Waals surface area (Å²) in [7, 11) is 0. The molecule has 0 radical (unpaired) electrons. The van der Waals surface area contributed by atoms with Gasteiger partial charge >= 0.3 is 0 Å². The summed E-state index contributed by atoms with van der Waals surface area (Å²) in [6, 6.07) is 20.2. The van der Waals surface area contributed by atoms with Crippen molar-refractivity contribution in [3.05, 3.63) is 111 Å². The third-order valence-electron chi connectivity index (χ3n) is 5.14. The maximum absolute atomic E-state index is 13.2. The van der Waals surface area contributed by atoms with E-state index in [-0.39, 0.29) is 12.5 Å². The normalized spacial score (nSPS) is 10.8. The van der Waals surface area contributed by atoms with Crippen LogP contribution in [0.2, 0.25) is 0 Å². The summed E-state index contributed by atoms with van der Waals surface area (Å²) in [6.45, 7) is 0.602. The lowest BCUT2D eigenvalue weighted by Gasteiger charge is -2.23. The Bertz CT molecular complexity index is 1300. The van der Waals surface area contributed by atoms with Gasteiger partial charge in [-0.1, -0.05) is 48.5 Å². The lowest BCUT2D eigenvalue weighted by Crippen LogP contribution is -2.39. The second kappa shape index (κ2) is 9.21. The highest BCUT2D eigenvalue weighted by Gasteiger charge is 2.17. The smallest absolute Gasteiger partial charge is 0.273 e. The van der Waals surface area contributed by atoms with E-state index in [9.17, 15) is 14.4 Å². The molecule has 4 aromatic rings. The molecule has 7 nitrogen and oxygen atoms in total. The van der Waals surface area contributed by atoms with Crippen molar-refractivity contribution in [1.29, 1.82) is 0 Å². The summed E-state index contributed by atoms with van der Waals surface area (Å²) in [5, 5.41) is 3.14. The lowest BCUT2D eigenvalue weighted by atomic mass is 10.1. The van der Waals surface area contributed by atoms with Crippen molar-refractivity contribution in [2.24, 2.45) is 0 Å². The van der Waals surface area contributed by atoms with Gasteiger partial charge in [-0.25, -0.2) is 4.68 Å². The fraction of sp³-hybridized carbons (Fsp3) is 0.167. The molecule has 0 atom stereocenters. The van der Waals surface area contributed by atoms with Crippen LogP contribution in [0.3, 0.4) is 0 Å². The monoisotopic (exact) mass is 414 g/mol. The van der Waals surface area contributed by atoms with Crippen LogP contribution in [-0.2, 0) is 24.3 Å². The van der Waals surface area contributed by atoms with Crippen LogP contribution in [0.1, 0.15) is 11.1 Å². The van der Waals surface area contributed by atoms with E-state index in [0.29, 0.717) is 30.3 Å². The van der Waals surface area contributed by atoms with Gasteiger partial charge in [0, 0.05) is 25.5 Å². The highest BCUT2D eigenvalue weighted by Crippen LogP contribution is 2.08. The molecule has 2 aromatic heterocycles. The first-order valence-electron chi connectivity index (χ1n) is 10.0. The lowest BCUT2D eigenvalue weighted by molar-refractivity contribution is -0.132. The van der Waals surface area contributed by atoms with Crippen LogP contribution in [0, 0.1) is 0 Å². The average molecular weight is 414 g/mol. The van der Waals surface area contributed by atoms with Gasteiger partial charge in [0.1, 0.15) is 6.54 Å². The second-order valence-electron chi connectivity index (χ2n) is 7.29. The van der Waals surface area contributed by atoms with E-state index in [4.69, 9.17) is 0 Å². The molecule has 0 aliphatic carbocycles. The SMILES string of the molecule is O=C(Cn1[nH]c(=O)c2ccccc2c1=O)N(CCc1ccccc1)Cc1cccnc1. The summed E-state index contributed by atoms with van der Waals surface area (Å²) < 4.78 is 1.09. The van der Waals surface area contributed by atoms with Crippen LogP contribution in [-0.4, -0.2) is 32.1 Å². The number of nitrogens with zero attached hydrogens (tertiary/aromatic N) is 3. The number of pyridine rings is 1. The number of hydrogen-bond acceptors (Lipinski definition) is 4. The Balaban J connectivity index is 1.59. The number of aromatic nitrogens is 3. The van der Waals surface area contributed by atoms with Gasteiger partial charge in [0.15, 0.2) is 0 Å². The van der Waals surface area contributed by atoms with Crippen molar-refractivity contribution in [2.45, 2.75) is 19.5 Å². The average Bonchev–Trinajstić information content (AvgIpc) is 2.81. The van der Waals surface area contributed by atoms with Crippen LogP contribution < -0.4 is 11.1 Å². The van der Waals surface area contributed by atoms with Gasteiger partial charge in [0.05, 0.1) is 10.8 Å². The number of rotatable bonds is 7. The van der Waals surface area contributed by atoms with Gasteiger partial charge in [-0.2, -0.15) is 0 Å². The highest BCUT2D eigenvalue weighted by molar-refractivity contribution is 5.81. The molecular weight excluding hydrogens is 392 g/mol. The third kappa shape index (κ3) is 4.78. The van der Waals surface area contributed by atoms with Gasteiger partial charge in [0.25, 0.3) is 11.1 Å².